The minimum atomic E-state index is -0.432. The van der Waals surface area contributed by atoms with E-state index in [1.165, 1.54) is 0 Å². The number of benzene rings is 1. The van der Waals surface area contributed by atoms with Crippen LogP contribution in [0.15, 0.2) is 27.4 Å². The second kappa shape index (κ2) is 4.85. The van der Waals surface area contributed by atoms with Gasteiger partial charge in [-0.15, -0.1) is 0 Å². The fourth-order valence-electron chi connectivity index (χ4n) is 1.67. The molecule has 1 aromatic carbocycles. The summed E-state index contributed by atoms with van der Waals surface area (Å²) in [6.45, 7) is 1.23. The Bertz CT molecular complexity index is 606. The Balaban J connectivity index is 2.09. The first kappa shape index (κ1) is 11.4. The van der Waals surface area contributed by atoms with E-state index in [2.05, 4.69) is 11.1 Å². The molecule has 2 rings (SSSR count). The number of hydrogen-bond donors (Lipinski definition) is 1. The van der Waals surface area contributed by atoms with Gasteiger partial charge in [0.05, 0.1) is 18.1 Å². The summed E-state index contributed by atoms with van der Waals surface area (Å²) in [6.07, 6.45) is 0.835. The molecule has 0 saturated carbocycles. The van der Waals surface area contributed by atoms with Gasteiger partial charge in [-0.3, -0.25) is 9.88 Å². The van der Waals surface area contributed by atoms with E-state index in [1.807, 2.05) is 24.1 Å². The molecule has 1 N–H and O–H groups in total. The lowest BCUT2D eigenvalue weighted by Gasteiger charge is -2.11. The third-order valence-corrected chi connectivity index (χ3v) is 2.61. The van der Waals surface area contributed by atoms with Gasteiger partial charge in [-0.2, -0.15) is 5.26 Å². The predicted molar refractivity (Wildman–Crippen MR) is 63.6 cm³/mol. The van der Waals surface area contributed by atoms with Crippen LogP contribution in [0.5, 0.6) is 0 Å². The molecule has 17 heavy (non-hydrogen) atoms. The molecule has 88 valence electrons. The highest BCUT2D eigenvalue weighted by Crippen LogP contribution is 2.12. The number of nitrogens with zero attached hydrogens (tertiary/aromatic N) is 2. The quantitative estimate of drug-likeness (QED) is 0.800. The van der Waals surface area contributed by atoms with E-state index in [0.717, 1.165) is 24.0 Å². The van der Waals surface area contributed by atoms with Crippen molar-refractivity contribution in [2.45, 2.75) is 6.42 Å². The molecule has 0 radical (unpaired) electrons. The number of aromatic nitrogens is 1. The summed E-state index contributed by atoms with van der Waals surface area (Å²) in [4.78, 5) is 15.6. The Morgan fingerprint density at radius 3 is 3.12 bits per heavy atom. The van der Waals surface area contributed by atoms with Gasteiger partial charge in [0.15, 0.2) is 5.58 Å². The molecular formula is C12H13N3O2. The molecule has 0 aliphatic heterocycles. The zero-order valence-corrected chi connectivity index (χ0v) is 9.56. The van der Waals surface area contributed by atoms with Crippen molar-refractivity contribution in [1.82, 2.24) is 9.88 Å². The summed E-state index contributed by atoms with van der Waals surface area (Å²) in [5.74, 6) is -0.432. The molecule has 1 aromatic heterocycles. The summed E-state index contributed by atoms with van der Waals surface area (Å²) in [5, 5.41) is 8.53. The Labute approximate surface area is 98.3 Å². The summed E-state index contributed by atoms with van der Waals surface area (Å²) < 4.78 is 4.92. The first-order chi connectivity index (χ1) is 8.19. The molecular weight excluding hydrogens is 218 g/mol. The second-order valence-corrected chi connectivity index (χ2v) is 3.99. The highest BCUT2D eigenvalue weighted by molar-refractivity contribution is 5.72. The average Bonchev–Trinajstić information content (AvgIpc) is 2.66. The van der Waals surface area contributed by atoms with Crippen molar-refractivity contribution < 1.29 is 4.42 Å². The van der Waals surface area contributed by atoms with Crippen molar-refractivity contribution in [3.8, 4) is 6.07 Å². The first-order valence-electron chi connectivity index (χ1n) is 5.36. The van der Waals surface area contributed by atoms with Crippen molar-refractivity contribution >= 4 is 11.1 Å². The molecule has 0 amide bonds. The van der Waals surface area contributed by atoms with Crippen molar-refractivity contribution in [1.29, 1.82) is 5.26 Å². The van der Waals surface area contributed by atoms with Gasteiger partial charge in [0.1, 0.15) is 0 Å². The lowest BCUT2D eigenvalue weighted by Crippen LogP contribution is -2.21. The SMILES string of the molecule is CN(CC#N)CCc1ccc2oc(=O)[nH]c2c1. The van der Waals surface area contributed by atoms with Gasteiger partial charge in [0.2, 0.25) is 0 Å². The molecule has 0 bridgehead atoms. The van der Waals surface area contributed by atoms with Crippen LogP contribution < -0.4 is 5.76 Å². The van der Waals surface area contributed by atoms with Crippen LogP contribution in [0.25, 0.3) is 11.1 Å². The summed E-state index contributed by atoms with van der Waals surface area (Å²) in [7, 11) is 1.90. The van der Waals surface area contributed by atoms with E-state index in [-0.39, 0.29) is 0 Å². The van der Waals surface area contributed by atoms with Crippen molar-refractivity contribution in [3.63, 3.8) is 0 Å². The number of fused-ring (bicyclic) bond motifs is 1. The average molecular weight is 231 g/mol. The fraction of sp³-hybridized carbons (Fsp3) is 0.333. The van der Waals surface area contributed by atoms with Crippen molar-refractivity contribution in [2.24, 2.45) is 0 Å². The zero-order valence-electron chi connectivity index (χ0n) is 9.56. The van der Waals surface area contributed by atoms with Crippen molar-refractivity contribution in [3.05, 3.63) is 34.3 Å². The third kappa shape index (κ3) is 2.74. The van der Waals surface area contributed by atoms with Crippen LogP contribution in [0.3, 0.4) is 0 Å². The Hall–Kier alpha value is -2.06. The maximum atomic E-state index is 11.0. The summed E-state index contributed by atoms with van der Waals surface area (Å²) >= 11 is 0. The number of hydrogen-bond acceptors (Lipinski definition) is 4. The fourth-order valence-corrected chi connectivity index (χ4v) is 1.67. The molecule has 0 atom stereocenters. The van der Waals surface area contributed by atoms with Crippen LogP contribution in [0.2, 0.25) is 0 Å². The summed E-state index contributed by atoms with van der Waals surface area (Å²) in [6, 6.07) is 7.72. The Morgan fingerprint density at radius 2 is 2.35 bits per heavy atom. The van der Waals surface area contributed by atoms with Crippen LogP contribution in [0.1, 0.15) is 5.56 Å². The standard InChI is InChI=1S/C12H13N3O2/c1-15(7-5-13)6-4-9-2-3-11-10(8-9)14-12(16)17-11/h2-3,8H,4,6-7H2,1H3,(H,14,16). The Kier molecular flexibility index (Phi) is 3.26. The largest absolute Gasteiger partial charge is 0.417 e. The van der Waals surface area contributed by atoms with Crippen LogP contribution in [0.4, 0.5) is 0 Å². The molecule has 0 saturated heterocycles. The number of rotatable bonds is 4. The smallest absolute Gasteiger partial charge is 0.408 e. The van der Waals surface area contributed by atoms with E-state index in [4.69, 9.17) is 9.68 Å². The molecule has 5 nitrogen and oxygen atoms in total. The van der Waals surface area contributed by atoms with E-state index < -0.39 is 5.76 Å². The van der Waals surface area contributed by atoms with Crippen LogP contribution in [-0.4, -0.2) is 30.0 Å². The maximum absolute atomic E-state index is 11.0. The monoisotopic (exact) mass is 231 g/mol. The lowest BCUT2D eigenvalue weighted by atomic mass is 10.1. The highest BCUT2D eigenvalue weighted by atomic mass is 16.4. The van der Waals surface area contributed by atoms with Crippen LogP contribution >= 0.6 is 0 Å². The molecule has 5 heteroatoms. The lowest BCUT2D eigenvalue weighted by molar-refractivity contribution is 0.379. The molecule has 0 unspecified atom stereocenters. The van der Waals surface area contributed by atoms with Gasteiger partial charge in [-0.25, -0.2) is 4.79 Å². The normalized spacial score (nSPS) is 10.9. The van der Waals surface area contributed by atoms with Crippen LogP contribution in [-0.2, 0) is 6.42 Å². The molecule has 0 spiro atoms. The predicted octanol–water partition coefficient (Wildman–Crippen LogP) is 1.12. The van der Waals surface area contributed by atoms with Crippen LogP contribution in [0, 0.1) is 11.3 Å². The molecule has 1 heterocycles. The first-order valence-corrected chi connectivity index (χ1v) is 5.36. The number of oxazole rings is 1. The second-order valence-electron chi connectivity index (χ2n) is 3.99. The van der Waals surface area contributed by atoms with E-state index in [1.54, 1.807) is 6.07 Å². The number of aromatic amines is 1. The Morgan fingerprint density at radius 1 is 1.53 bits per heavy atom. The van der Waals surface area contributed by atoms with E-state index in [9.17, 15) is 4.79 Å². The minimum Gasteiger partial charge on any atom is -0.408 e. The summed E-state index contributed by atoms with van der Waals surface area (Å²) in [5.41, 5.74) is 2.40. The van der Waals surface area contributed by atoms with Gasteiger partial charge < -0.3 is 4.42 Å². The number of likely N-dealkylation sites (N-methyl/N-ethyl adjacent to an activating group) is 1. The van der Waals surface area contributed by atoms with Gasteiger partial charge in [0.25, 0.3) is 0 Å². The van der Waals surface area contributed by atoms with Gasteiger partial charge in [-0.05, 0) is 31.2 Å². The topological polar surface area (TPSA) is 73.0 Å². The molecule has 0 aliphatic rings. The van der Waals surface area contributed by atoms with Gasteiger partial charge in [0, 0.05) is 6.54 Å². The van der Waals surface area contributed by atoms with Crippen molar-refractivity contribution in [2.75, 3.05) is 20.1 Å². The molecule has 2 aromatic rings. The molecule has 0 fully saturated rings. The number of nitrogens with one attached hydrogen (secondary N) is 1. The number of nitriles is 1. The molecule has 0 aliphatic carbocycles. The third-order valence-electron chi connectivity index (χ3n) is 2.61. The van der Waals surface area contributed by atoms with Gasteiger partial charge >= 0.3 is 5.76 Å². The van der Waals surface area contributed by atoms with E-state index in [0.29, 0.717) is 12.1 Å². The van der Waals surface area contributed by atoms with Gasteiger partial charge in [-0.1, -0.05) is 6.07 Å². The maximum Gasteiger partial charge on any atom is 0.417 e. The van der Waals surface area contributed by atoms with E-state index >= 15 is 0 Å². The minimum absolute atomic E-state index is 0.421. The highest BCUT2D eigenvalue weighted by Gasteiger charge is 2.03. The zero-order chi connectivity index (χ0) is 12.3. The number of H-pyrrole nitrogens is 1.